The van der Waals surface area contributed by atoms with Gasteiger partial charge in [-0.05, 0) is 13.3 Å². The van der Waals surface area contributed by atoms with E-state index in [4.69, 9.17) is 19.6 Å². The Morgan fingerprint density at radius 1 is 1.32 bits per heavy atom. The van der Waals surface area contributed by atoms with Gasteiger partial charge in [-0.15, -0.1) is 0 Å². The molecule has 1 atom stereocenters. The van der Waals surface area contributed by atoms with Crippen molar-refractivity contribution in [1.82, 2.24) is 0 Å². The second-order valence-corrected chi connectivity index (χ2v) is 6.21. The van der Waals surface area contributed by atoms with Crippen LogP contribution in [-0.4, -0.2) is 33.0 Å². The van der Waals surface area contributed by atoms with Gasteiger partial charge in [-0.3, -0.25) is 14.2 Å². The van der Waals surface area contributed by atoms with E-state index in [-0.39, 0.29) is 31.0 Å². The molecule has 0 amide bonds. The molecule has 1 aromatic heterocycles. The Hall–Kier alpha value is -1.90. The second-order valence-electron chi connectivity index (χ2n) is 4.52. The number of aryl methyl sites for hydroxylation is 1. The van der Waals surface area contributed by atoms with E-state index in [1.165, 1.54) is 6.92 Å². The summed E-state index contributed by atoms with van der Waals surface area (Å²) in [6.45, 7) is 1.08. The van der Waals surface area contributed by atoms with E-state index in [1.807, 2.05) is 0 Å². The molecule has 22 heavy (non-hydrogen) atoms. The molecule has 1 aromatic rings. The summed E-state index contributed by atoms with van der Waals surface area (Å²) >= 11 is 0. The number of carbonyl (C=O) groups is 2. The molecule has 10 nitrogen and oxygen atoms in total. The van der Waals surface area contributed by atoms with Crippen LogP contribution in [0.25, 0.3) is 0 Å². The number of carboxylic acids is 1. The van der Waals surface area contributed by atoms with Crippen molar-refractivity contribution in [2.45, 2.75) is 26.4 Å². The molecular formula is C11H15O10P. The van der Waals surface area contributed by atoms with Crippen LogP contribution in [-0.2, 0) is 25.5 Å². The number of carboxylic acid groups (broad SMARTS) is 1. The maximum Gasteiger partial charge on any atom is 0.519 e. The summed E-state index contributed by atoms with van der Waals surface area (Å²) in [6, 6.07) is 0. The SMILES string of the molecule is Cc1oc(=O)oc1COC(=O)CCC(CP(=O)(O)O)C(=O)O. The van der Waals surface area contributed by atoms with Crippen molar-refractivity contribution in [3.63, 3.8) is 0 Å². The van der Waals surface area contributed by atoms with Crippen LogP contribution in [0.5, 0.6) is 0 Å². The molecule has 124 valence electrons. The van der Waals surface area contributed by atoms with Crippen molar-refractivity contribution < 1.29 is 42.6 Å². The van der Waals surface area contributed by atoms with Crippen molar-refractivity contribution in [3.8, 4) is 0 Å². The van der Waals surface area contributed by atoms with E-state index in [9.17, 15) is 18.9 Å². The smallest absolute Gasteiger partial charge is 0.481 e. The Morgan fingerprint density at radius 3 is 2.41 bits per heavy atom. The number of esters is 1. The fourth-order valence-electron chi connectivity index (χ4n) is 1.60. The minimum absolute atomic E-state index is 0.0309. The van der Waals surface area contributed by atoms with Crippen molar-refractivity contribution in [2.24, 2.45) is 5.92 Å². The molecule has 0 spiro atoms. The van der Waals surface area contributed by atoms with Crippen LogP contribution in [0.4, 0.5) is 0 Å². The number of ether oxygens (including phenoxy) is 1. The predicted molar refractivity (Wildman–Crippen MR) is 69.0 cm³/mol. The van der Waals surface area contributed by atoms with Gasteiger partial charge in [0.05, 0.1) is 12.1 Å². The zero-order valence-electron chi connectivity index (χ0n) is 11.6. The van der Waals surface area contributed by atoms with Crippen LogP contribution in [0, 0.1) is 12.8 Å². The zero-order chi connectivity index (χ0) is 16.9. The van der Waals surface area contributed by atoms with Gasteiger partial charge in [0.25, 0.3) is 0 Å². The standard InChI is InChI=1S/C11H15O10P/c1-6-8(21-11(15)20-6)4-19-9(12)3-2-7(10(13)14)5-22(16,17)18/h7H,2-5H2,1H3,(H,13,14)(H2,16,17,18). The van der Waals surface area contributed by atoms with Gasteiger partial charge in [0.15, 0.2) is 18.1 Å². The van der Waals surface area contributed by atoms with Gasteiger partial charge >= 0.3 is 25.4 Å². The molecule has 0 radical (unpaired) electrons. The molecule has 11 heteroatoms. The lowest BCUT2D eigenvalue weighted by molar-refractivity contribution is -0.146. The molecule has 3 N–H and O–H groups in total. The first-order valence-corrected chi connectivity index (χ1v) is 7.90. The lowest BCUT2D eigenvalue weighted by Crippen LogP contribution is -2.20. The van der Waals surface area contributed by atoms with Gasteiger partial charge in [-0.1, -0.05) is 0 Å². The Morgan fingerprint density at radius 2 is 1.95 bits per heavy atom. The lowest BCUT2D eigenvalue weighted by atomic mass is 10.1. The number of carbonyl (C=O) groups excluding carboxylic acids is 1. The van der Waals surface area contributed by atoms with Crippen LogP contribution in [0.3, 0.4) is 0 Å². The topological polar surface area (TPSA) is 164 Å². The highest BCUT2D eigenvalue weighted by molar-refractivity contribution is 7.51. The van der Waals surface area contributed by atoms with Gasteiger partial charge in [0.1, 0.15) is 0 Å². The fraction of sp³-hybridized carbons (Fsp3) is 0.545. The molecule has 0 bridgehead atoms. The average Bonchev–Trinajstić information content (AvgIpc) is 2.68. The van der Waals surface area contributed by atoms with Crippen LogP contribution >= 0.6 is 7.60 Å². The first-order chi connectivity index (χ1) is 10.1. The van der Waals surface area contributed by atoms with Gasteiger partial charge in [-0.25, -0.2) is 4.79 Å². The third-order valence-corrected chi connectivity index (χ3v) is 3.62. The first kappa shape index (κ1) is 18.1. The maximum atomic E-state index is 11.5. The quantitative estimate of drug-likeness (QED) is 0.441. The molecular weight excluding hydrogens is 323 g/mol. The van der Waals surface area contributed by atoms with Crippen LogP contribution in [0.1, 0.15) is 24.4 Å². The van der Waals surface area contributed by atoms with E-state index in [2.05, 4.69) is 8.83 Å². The third kappa shape index (κ3) is 6.25. The number of rotatable bonds is 8. The molecule has 0 aromatic carbocycles. The van der Waals surface area contributed by atoms with Crippen molar-refractivity contribution in [3.05, 3.63) is 22.1 Å². The maximum absolute atomic E-state index is 11.5. The summed E-state index contributed by atoms with van der Waals surface area (Å²) in [5, 5.41) is 8.84. The molecule has 1 unspecified atom stereocenters. The number of hydrogen-bond acceptors (Lipinski definition) is 7. The molecule has 0 fully saturated rings. The number of hydrogen-bond donors (Lipinski definition) is 3. The molecule has 0 saturated heterocycles. The first-order valence-electron chi connectivity index (χ1n) is 6.11. The summed E-state index contributed by atoms with van der Waals surface area (Å²) < 4.78 is 24.7. The third-order valence-electron chi connectivity index (χ3n) is 2.70. The van der Waals surface area contributed by atoms with E-state index in [0.29, 0.717) is 0 Å². The van der Waals surface area contributed by atoms with E-state index in [1.54, 1.807) is 0 Å². The molecule has 1 rings (SSSR count). The summed E-state index contributed by atoms with van der Waals surface area (Å²) in [4.78, 5) is 50.6. The van der Waals surface area contributed by atoms with Gasteiger partial charge < -0.3 is 28.5 Å². The Kier molecular flexibility index (Phi) is 6.10. The molecule has 1 heterocycles. The molecule has 0 aliphatic heterocycles. The summed E-state index contributed by atoms with van der Waals surface area (Å²) in [5.74, 6) is -4.31. The van der Waals surface area contributed by atoms with Gasteiger partial charge in [0.2, 0.25) is 0 Å². The van der Waals surface area contributed by atoms with Crippen molar-refractivity contribution in [2.75, 3.05) is 6.16 Å². The summed E-state index contributed by atoms with van der Waals surface area (Å²) in [6.07, 6.45) is -1.49. The van der Waals surface area contributed by atoms with Crippen LogP contribution in [0.15, 0.2) is 13.6 Å². The minimum Gasteiger partial charge on any atom is -0.481 e. The Balaban J connectivity index is 2.47. The molecule has 0 aliphatic rings. The predicted octanol–water partition coefficient (Wildman–Crippen LogP) is 0.243. The number of aliphatic carboxylic acids is 1. The van der Waals surface area contributed by atoms with E-state index in [0.717, 1.165) is 0 Å². The van der Waals surface area contributed by atoms with Crippen molar-refractivity contribution >= 4 is 19.5 Å². The highest BCUT2D eigenvalue weighted by Gasteiger charge is 2.28. The van der Waals surface area contributed by atoms with E-state index >= 15 is 0 Å². The van der Waals surface area contributed by atoms with Crippen LogP contribution < -0.4 is 5.82 Å². The lowest BCUT2D eigenvalue weighted by Gasteiger charge is -2.12. The summed E-state index contributed by atoms with van der Waals surface area (Å²) in [7, 11) is -4.50. The van der Waals surface area contributed by atoms with Crippen LogP contribution in [0.2, 0.25) is 0 Å². The zero-order valence-corrected chi connectivity index (χ0v) is 12.4. The Bertz CT molecular complexity index is 636. The normalized spacial score (nSPS) is 12.9. The highest BCUT2D eigenvalue weighted by Crippen LogP contribution is 2.38. The Labute approximate surface area is 123 Å². The van der Waals surface area contributed by atoms with E-state index < -0.39 is 37.4 Å². The molecule has 0 saturated carbocycles. The average molecular weight is 338 g/mol. The van der Waals surface area contributed by atoms with Gasteiger partial charge in [-0.2, -0.15) is 0 Å². The summed E-state index contributed by atoms with van der Waals surface area (Å²) in [5.41, 5.74) is 0. The van der Waals surface area contributed by atoms with Crippen molar-refractivity contribution in [1.29, 1.82) is 0 Å². The minimum atomic E-state index is -4.50. The highest BCUT2D eigenvalue weighted by atomic mass is 31.2. The van der Waals surface area contributed by atoms with Gasteiger partial charge in [0, 0.05) is 6.42 Å². The largest absolute Gasteiger partial charge is 0.519 e. The fourth-order valence-corrected chi connectivity index (χ4v) is 2.51. The monoisotopic (exact) mass is 338 g/mol. The molecule has 0 aliphatic carbocycles. The second kappa shape index (κ2) is 7.39.